The van der Waals surface area contributed by atoms with Crippen LogP contribution in [0.4, 0.5) is 0 Å². The quantitative estimate of drug-likeness (QED) is 0.0329. The lowest BCUT2D eigenvalue weighted by molar-refractivity contribution is -0.132. The molecule has 1 amide bonds. The number of hydrogen-bond acceptors (Lipinski definition) is 5. The molecule has 0 aromatic heterocycles. The molecule has 6 nitrogen and oxygen atoms in total. The standard InChI is InChI=1S/C43H81NO5/c1-3-5-7-9-11-13-15-17-19-21-23-25-27-29-31-33-35-37-41(47)43(49)44-39(38-45)42(48)40(46)36-34-32-30-28-26-24-22-20-18-16-14-12-10-8-6-4-2/h12,14,20,22,28,30,39-42,45-48H,3-11,13,15-19,21,23-27,29,31-38H2,1-2H3,(H,44,49)/b14-12+,22-20+,30-28+. The van der Waals surface area contributed by atoms with E-state index >= 15 is 0 Å². The SMILES string of the molecule is CCCCC/C=C/CC/C=C/CC/C=C/CCCC(O)C(O)C(CO)NC(=O)C(O)CCCCCCCCCCCCCCCCCCC. The highest BCUT2D eigenvalue weighted by atomic mass is 16.3. The molecule has 4 atom stereocenters. The fraction of sp³-hybridized carbons (Fsp3) is 0.837. The molecule has 0 spiro atoms. The molecule has 49 heavy (non-hydrogen) atoms. The summed E-state index contributed by atoms with van der Waals surface area (Å²) in [5.41, 5.74) is 0. The van der Waals surface area contributed by atoms with E-state index in [1.165, 1.54) is 116 Å². The van der Waals surface area contributed by atoms with E-state index in [-0.39, 0.29) is 0 Å². The maximum absolute atomic E-state index is 12.5. The molecule has 0 rings (SSSR count). The third-order valence-electron chi connectivity index (χ3n) is 9.56. The van der Waals surface area contributed by atoms with Crippen LogP contribution in [0, 0.1) is 0 Å². The molecule has 0 radical (unpaired) electrons. The van der Waals surface area contributed by atoms with Gasteiger partial charge in [-0.25, -0.2) is 0 Å². The Hall–Kier alpha value is -1.47. The molecule has 0 fully saturated rings. The summed E-state index contributed by atoms with van der Waals surface area (Å²) < 4.78 is 0. The Bertz CT molecular complexity index is 782. The molecule has 0 aromatic carbocycles. The van der Waals surface area contributed by atoms with Gasteiger partial charge in [-0.15, -0.1) is 0 Å². The van der Waals surface area contributed by atoms with Gasteiger partial charge >= 0.3 is 0 Å². The number of rotatable bonds is 37. The van der Waals surface area contributed by atoms with Gasteiger partial charge in [-0.2, -0.15) is 0 Å². The lowest BCUT2D eigenvalue weighted by atomic mass is 10.00. The second kappa shape index (κ2) is 37.8. The minimum Gasteiger partial charge on any atom is -0.394 e. The van der Waals surface area contributed by atoms with Gasteiger partial charge in [-0.3, -0.25) is 4.79 Å². The van der Waals surface area contributed by atoms with Gasteiger partial charge in [0, 0.05) is 0 Å². The molecule has 0 heterocycles. The Labute approximate surface area is 303 Å². The van der Waals surface area contributed by atoms with E-state index in [1.54, 1.807) is 0 Å². The van der Waals surface area contributed by atoms with Crippen molar-refractivity contribution in [3.05, 3.63) is 36.5 Å². The van der Waals surface area contributed by atoms with Crippen LogP contribution < -0.4 is 5.32 Å². The molecule has 0 bridgehead atoms. The van der Waals surface area contributed by atoms with E-state index in [1.807, 2.05) is 0 Å². The Kier molecular flexibility index (Phi) is 36.6. The average molecular weight is 692 g/mol. The molecule has 0 aliphatic heterocycles. The van der Waals surface area contributed by atoms with Crippen molar-refractivity contribution in [1.82, 2.24) is 5.32 Å². The third kappa shape index (κ3) is 32.2. The van der Waals surface area contributed by atoms with Crippen LogP contribution in [0.1, 0.15) is 200 Å². The number of amides is 1. The molecule has 0 aromatic rings. The number of unbranched alkanes of at least 4 members (excludes halogenated alkanes) is 22. The number of hydrogen-bond donors (Lipinski definition) is 5. The van der Waals surface area contributed by atoms with Crippen LogP contribution >= 0.6 is 0 Å². The summed E-state index contributed by atoms with van der Waals surface area (Å²) in [6.45, 7) is 4.00. The van der Waals surface area contributed by atoms with Gasteiger partial charge in [0.1, 0.15) is 12.2 Å². The largest absolute Gasteiger partial charge is 0.394 e. The van der Waals surface area contributed by atoms with Crippen molar-refractivity contribution in [1.29, 1.82) is 0 Å². The van der Waals surface area contributed by atoms with Crippen molar-refractivity contribution in [2.75, 3.05) is 6.61 Å². The minimum atomic E-state index is -1.29. The minimum absolute atomic E-state index is 0.361. The second-order valence-electron chi connectivity index (χ2n) is 14.3. The van der Waals surface area contributed by atoms with Crippen LogP contribution in [0.25, 0.3) is 0 Å². The van der Waals surface area contributed by atoms with Gasteiger partial charge in [0.05, 0.1) is 18.8 Å². The van der Waals surface area contributed by atoms with E-state index in [0.717, 1.165) is 51.4 Å². The molecule has 288 valence electrons. The van der Waals surface area contributed by atoms with Crippen LogP contribution in [-0.2, 0) is 4.79 Å². The number of carbonyl (C=O) groups is 1. The fourth-order valence-electron chi connectivity index (χ4n) is 6.20. The van der Waals surface area contributed by atoms with Crippen molar-refractivity contribution in [2.45, 2.75) is 224 Å². The average Bonchev–Trinajstić information content (AvgIpc) is 3.11. The summed E-state index contributed by atoms with van der Waals surface area (Å²) in [5.74, 6) is -0.599. The third-order valence-corrected chi connectivity index (χ3v) is 9.56. The van der Waals surface area contributed by atoms with Gasteiger partial charge in [-0.1, -0.05) is 172 Å². The smallest absolute Gasteiger partial charge is 0.249 e. The Morgan fingerprint density at radius 2 is 0.857 bits per heavy atom. The van der Waals surface area contributed by atoms with Crippen molar-refractivity contribution in [2.24, 2.45) is 0 Å². The van der Waals surface area contributed by atoms with E-state index < -0.39 is 36.9 Å². The molecule has 0 aliphatic carbocycles. The first-order chi connectivity index (χ1) is 24.0. The number of nitrogens with one attached hydrogen (secondary N) is 1. The molecular weight excluding hydrogens is 610 g/mol. The van der Waals surface area contributed by atoms with E-state index in [2.05, 4.69) is 55.6 Å². The second-order valence-corrected chi connectivity index (χ2v) is 14.3. The van der Waals surface area contributed by atoms with Crippen LogP contribution in [-0.4, -0.2) is 57.3 Å². The summed E-state index contributed by atoms with van der Waals surface area (Å²) in [7, 11) is 0. The normalized spacial score (nSPS) is 14.7. The highest BCUT2D eigenvalue weighted by molar-refractivity contribution is 5.80. The first-order valence-corrected chi connectivity index (χ1v) is 20.9. The van der Waals surface area contributed by atoms with Crippen molar-refractivity contribution in [3.8, 4) is 0 Å². The van der Waals surface area contributed by atoms with E-state index in [0.29, 0.717) is 19.3 Å². The van der Waals surface area contributed by atoms with Gasteiger partial charge < -0.3 is 25.7 Å². The number of allylic oxidation sites excluding steroid dienone is 6. The molecule has 5 N–H and O–H groups in total. The first kappa shape index (κ1) is 47.5. The van der Waals surface area contributed by atoms with Crippen molar-refractivity contribution < 1.29 is 25.2 Å². The number of carbonyl (C=O) groups excluding carboxylic acids is 1. The van der Waals surface area contributed by atoms with E-state index in [4.69, 9.17) is 0 Å². The maximum atomic E-state index is 12.5. The molecule has 6 heteroatoms. The monoisotopic (exact) mass is 692 g/mol. The lowest BCUT2D eigenvalue weighted by Crippen LogP contribution is -2.53. The van der Waals surface area contributed by atoms with Gasteiger partial charge in [-0.05, 0) is 64.2 Å². The zero-order valence-corrected chi connectivity index (χ0v) is 32.2. The van der Waals surface area contributed by atoms with Crippen LogP contribution in [0.3, 0.4) is 0 Å². The summed E-state index contributed by atoms with van der Waals surface area (Å²) in [6.07, 6.45) is 43.1. The highest BCUT2D eigenvalue weighted by Crippen LogP contribution is 2.15. The van der Waals surface area contributed by atoms with Crippen molar-refractivity contribution in [3.63, 3.8) is 0 Å². The predicted molar refractivity (Wildman–Crippen MR) is 210 cm³/mol. The summed E-state index contributed by atoms with van der Waals surface area (Å²) in [6, 6.07) is -1.01. The zero-order valence-electron chi connectivity index (χ0n) is 32.2. The fourth-order valence-corrected chi connectivity index (χ4v) is 6.20. The topological polar surface area (TPSA) is 110 Å². The van der Waals surface area contributed by atoms with Crippen LogP contribution in [0.5, 0.6) is 0 Å². The molecule has 0 saturated carbocycles. The summed E-state index contributed by atoms with van der Waals surface area (Å²) in [5, 5.41) is 43.6. The summed E-state index contributed by atoms with van der Waals surface area (Å²) >= 11 is 0. The summed E-state index contributed by atoms with van der Waals surface area (Å²) in [4.78, 5) is 12.5. The first-order valence-electron chi connectivity index (χ1n) is 20.9. The van der Waals surface area contributed by atoms with E-state index in [9.17, 15) is 25.2 Å². The van der Waals surface area contributed by atoms with Gasteiger partial charge in [0.2, 0.25) is 5.91 Å². The highest BCUT2D eigenvalue weighted by Gasteiger charge is 2.28. The Balaban J connectivity index is 3.83. The number of aliphatic hydroxyl groups is 4. The van der Waals surface area contributed by atoms with Gasteiger partial charge in [0.25, 0.3) is 0 Å². The van der Waals surface area contributed by atoms with Crippen LogP contribution in [0.2, 0.25) is 0 Å². The lowest BCUT2D eigenvalue weighted by Gasteiger charge is -2.27. The Morgan fingerprint density at radius 3 is 1.29 bits per heavy atom. The molecule has 0 saturated heterocycles. The molecule has 0 aliphatic rings. The molecular formula is C43H81NO5. The predicted octanol–water partition coefficient (Wildman–Crippen LogP) is 10.6. The maximum Gasteiger partial charge on any atom is 0.249 e. The van der Waals surface area contributed by atoms with Crippen LogP contribution in [0.15, 0.2) is 36.5 Å². The molecule has 4 unspecified atom stereocenters. The number of aliphatic hydroxyl groups excluding tert-OH is 4. The zero-order chi connectivity index (χ0) is 36.0. The van der Waals surface area contributed by atoms with Gasteiger partial charge in [0.15, 0.2) is 0 Å². The Morgan fingerprint density at radius 1 is 0.490 bits per heavy atom. The van der Waals surface area contributed by atoms with Crippen molar-refractivity contribution >= 4 is 5.91 Å².